The van der Waals surface area contributed by atoms with Gasteiger partial charge in [0.2, 0.25) is 15.9 Å². The summed E-state index contributed by atoms with van der Waals surface area (Å²) in [6, 6.07) is 10.3. The second-order valence-electron chi connectivity index (χ2n) is 6.00. The molecule has 2 rings (SSSR count). The van der Waals surface area contributed by atoms with Gasteiger partial charge in [-0.05, 0) is 56.3 Å². The van der Waals surface area contributed by atoms with Crippen molar-refractivity contribution in [3.05, 3.63) is 47.5 Å². The number of carbonyl (C=O) groups excluding carboxylic acids is 1. The van der Waals surface area contributed by atoms with Gasteiger partial charge < -0.3 is 14.8 Å². The molecule has 0 heterocycles. The Morgan fingerprint density at radius 2 is 1.86 bits per heavy atom. The maximum atomic E-state index is 12.7. The highest BCUT2D eigenvalue weighted by Gasteiger charge is 2.29. The predicted octanol–water partition coefficient (Wildman–Crippen LogP) is 3.54. The number of hydrogen-bond donors (Lipinski definition) is 1. The summed E-state index contributed by atoms with van der Waals surface area (Å²) in [5.74, 6) is 0.603. The molecule has 0 aromatic heterocycles. The van der Waals surface area contributed by atoms with E-state index < -0.39 is 22.0 Å². The maximum Gasteiger partial charge on any atom is 0.247 e. The number of nitrogens with zero attached hydrogens (tertiary/aromatic N) is 1. The SMILES string of the molecule is CCOc1ccc(NC(=O)[C@@H](C)N(c2ccc(OC)c(Cl)c2)S(C)(=O)=O)cc1. The van der Waals surface area contributed by atoms with E-state index in [1.54, 1.807) is 30.3 Å². The van der Waals surface area contributed by atoms with Crippen LogP contribution in [0.15, 0.2) is 42.5 Å². The highest BCUT2D eigenvalue weighted by atomic mass is 35.5. The Kier molecular flexibility index (Phi) is 7.15. The zero-order valence-corrected chi connectivity index (χ0v) is 17.7. The van der Waals surface area contributed by atoms with Gasteiger partial charge in [-0.15, -0.1) is 0 Å². The minimum atomic E-state index is -3.75. The molecular weight excluding hydrogens is 404 g/mol. The first kappa shape index (κ1) is 21.8. The second-order valence-corrected chi connectivity index (χ2v) is 8.27. The molecule has 2 aromatic rings. The molecule has 1 amide bonds. The smallest absolute Gasteiger partial charge is 0.247 e. The van der Waals surface area contributed by atoms with E-state index in [1.165, 1.54) is 26.2 Å². The molecule has 0 spiro atoms. The fraction of sp³-hybridized carbons (Fsp3) is 0.316. The Morgan fingerprint density at radius 3 is 2.36 bits per heavy atom. The third-order valence-electron chi connectivity index (χ3n) is 3.91. The van der Waals surface area contributed by atoms with Crippen LogP contribution in [0.4, 0.5) is 11.4 Å². The molecule has 0 aliphatic heterocycles. The molecule has 0 fully saturated rings. The van der Waals surface area contributed by atoms with Crippen LogP contribution in [0.25, 0.3) is 0 Å². The van der Waals surface area contributed by atoms with Gasteiger partial charge in [-0.2, -0.15) is 0 Å². The molecule has 1 N–H and O–H groups in total. The van der Waals surface area contributed by atoms with Crippen LogP contribution in [-0.2, 0) is 14.8 Å². The summed E-state index contributed by atoms with van der Waals surface area (Å²) in [5.41, 5.74) is 0.796. The number of rotatable bonds is 8. The van der Waals surface area contributed by atoms with Crippen molar-refractivity contribution in [3.8, 4) is 11.5 Å². The summed E-state index contributed by atoms with van der Waals surface area (Å²) in [6.07, 6.45) is 1.03. The number of sulfonamides is 1. The van der Waals surface area contributed by atoms with Crippen LogP contribution >= 0.6 is 11.6 Å². The molecular formula is C19H23ClN2O5S. The maximum absolute atomic E-state index is 12.7. The number of ether oxygens (including phenoxy) is 2. The minimum Gasteiger partial charge on any atom is -0.495 e. The molecule has 152 valence electrons. The van der Waals surface area contributed by atoms with Crippen LogP contribution in [0.1, 0.15) is 13.8 Å². The first-order valence-corrected chi connectivity index (χ1v) is 10.8. The van der Waals surface area contributed by atoms with Crippen molar-refractivity contribution in [2.24, 2.45) is 0 Å². The van der Waals surface area contributed by atoms with Crippen molar-refractivity contribution < 1.29 is 22.7 Å². The predicted molar refractivity (Wildman–Crippen MR) is 111 cm³/mol. The number of hydrogen-bond acceptors (Lipinski definition) is 5. The molecule has 1 atom stereocenters. The van der Waals surface area contributed by atoms with Gasteiger partial charge in [-0.25, -0.2) is 8.42 Å². The summed E-state index contributed by atoms with van der Waals surface area (Å²) < 4.78 is 36.2. The largest absolute Gasteiger partial charge is 0.495 e. The van der Waals surface area contributed by atoms with Crippen molar-refractivity contribution >= 4 is 38.9 Å². The monoisotopic (exact) mass is 426 g/mol. The number of carbonyl (C=O) groups is 1. The second kappa shape index (κ2) is 9.16. The molecule has 0 aliphatic carbocycles. The number of methoxy groups -OCH3 is 1. The lowest BCUT2D eigenvalue weighted by Crippen LogP contribution is -2.45. The number of nitrogens with one attached hydrogen (secondary N) is 1. The van der Waals surface area contributed by atoms with Crippen LogP contribution in [0.3, 0.4) is 0 Å². The Balaban J connectivity index is 2.26. The molecule has 7 nitrogen and oxygen atoms in total. The molecule has 0 aliphatic rings. The Labute approximate surface area is 170 Å². The Bertz CT molecular complexity index is 932. The van der Waals surface area contributed by atoms with Crippen LogP contribution in [-0.4, -0.2) is 40.3 Å². The molecule has 0 bridgehead atoms. The first-order valence-electron chi connectivity index (χ1n) is 8.54. The quantitative estimate of drug-likeness (QED) is 0.697. The van der Waals surface area contributed by atoms with Crippen molar-refractivity contribution in [1.82, 2.24) is 0 Å². The summed E-state index contributed by atoms with van der Waals surface area (Å²) in [6.45, 7) is 3.92. The summed E-state index contributed by atoms with van der Waals surface area (Å²) in [4.78, 5) is 12.7. The first-order chi connectivity index (χ1) is 13.2. The Morgan fingerprint density at radius 1 is 1.21 bits per heavy atom. The molecule has 0 saturated heterocycles. The van der Waals surface area contributed by atoms with Crippen LogP contribution in [0.5, 0.6) is 11.5 Å². The molecule has 28 heavy (non-hydrogen) atoms. The lowest BCUT2D eigenvalue weighted by atomic mass is 10.2. The van der Waals surface area contributed by atoms with Gasteiger partial charge in [-0.1, -0.05) is 11.6 Å². The summed E-state index contributed by atoms with van der Waals surface area (Å²) in [5, 5.41) is 2.96. The third kappa shape index (κ3) is 5.30. The van der Waals surface area contributed by atoms with E-state index in [9.17, 15) is 13.2 Å². The van der Waals surface area contributed by atoms with E-state index in [1.807, 2.05) is 6.92 Å². The van der Waals surface area contributed by atoms with Gasteiger partial charge in [0.1, 0.15) is 17.5 Å². The molecule has 9 heteroatoms. The summed E-state index contributed by atoms with van der Waals surface area (Å²) >= 11 is 6.12. The van der Waals surface area contributed by atoms with Crippen LogP contribution in [0.2, 0.25) is 5.02 Å². The Hall–Kier alpha value is -2.45. The standard InChI is InChI=1S/C19H23ClN2O5S/c1-5-27-16-9-6-14(7-10-16)21-19(23)13(2)22(28(4,24)25)15-8-11-18(26-3)17(20)12-15/h6-13H,5H2,1-4H3,(H,21,23)/t13-/m1/s1. The molecule has 2 aromatic carbocycles. The van der Waals surface area contributed by atoms with Crippen LogP contribution < -0.4 is 19.1 Å². The highest BCUT2D eigenvalue weighted by Crippen LogP contribution is 2.31. The topological polar surface area (TPSA) is 84.9 Å². The lowest BCUT2D eigenvalue weighted by Gasteiger charge is -2.28. The molecule has 0 radical (unpaired) electrons. The van der Waals surface area contributed by atoms with Crippen molar-refractivity contribution in [3.63, 3.8) is 0 Å². The van der Waals surface area contributed by atoms with E-state index in [4.69, 9.17) is 21.1 Å². The van der Waals surface area contributed by atoms with Gasteiger partial charge in [0, 0.05) is 5.69 Å². The average molecular weight is 427 g/mol. The number of amides is 1. The van der Waals surface area contributed by atoms with Crippen molar-refractivity contribution in [2.75, 3.05) is 29.6 Å². The number of benzene rings is 2. The summed E-state index contributed by atoms with van der Waals surface area (Å²) in [7, 11) is -2.29. The zero-order valence-electron chi connectivity index (χ0n) is 16.1. The highest BCUT2D eigenvalue weighted by molar-refractivity contribution is 7.92. The molecule has 0 saturated carbocycles. The van der Waals surface area contributed by atoms with Crippen molar-refractivity contribution in [1.29, 1.82) is 0 Å². The lowest BCUT2D eigenvalue weighted by molar-refractivity contribution is -0.116. The van der Waals surface area contributed by atoms with E-state index in [2.05, 4.69) is 5.32 Å². The van der Waals surface area contributed by atoms with Gasteiger partial charge in [0.15, 0.2) is 0 Å². The fourth-order valence-electron chi connectivity index (χ4n) is 2.65. The molecule has 0 unspecified atom stereocenters. The van der Waals surface area contributed by atoms with Gasteiger partial charge in [0.25, 0.3) is 0 Å². The number of anilines is 2. The van der Waals surface area contributed by atoms with Gasteiger partial charge in [-0.3, -0.25) is 9.10 Å². The zero-order chi connectivity index (χ0) is 20.9. The van der Waals surface area contributed by atoms with E-state index >= 15 is 0 Å². The van der Waals surface area contributed by atoms with E-state index in [0.29, 0.717) is 23.8 Å². The fourth-order valence-corrected chi connectivity index (χ4v) is 4.07. The third-order valence-corrected chi connectivity index (χ3v) is 5.45. The van der Waals surface area contributed by atoms with Crippen LogP contribution in [0, 0.1) is 0 Å². The number of halogens is 1. The average Bonchev–Trinajstić information content (AvgIpc) is 2.62. The van der Waals surface area contributed by atoms with E-state index in [-0.39, 0.29) is 10.7 Å². The normalized spacial score (nSPS) is 12.2. The van der Waals surface area contributed by atoms with Crippen molar-refractivity contribution in [2.45, 2.75) is 19.9 Å². The minimum absolute atomic E-state index is 0.243. The van der Waals surface area contributed by atoms with Gasteiger partial charge in [0.05, 0.1) is 30.7 Å². The van der Waals surface area contributed by atoms with E-state index in [0.717, 1.165) is 10.6 Å². The van der Waals surface area contributed by atoms with Gasteiger partial charge >= 0.3 is 0 Å².